The Bertz CT molecular complexity index is 448. The van der Waals surface area contributed by atoms with Crippen LogP contribution in [0.3, 0.4) is 0 Å². The SMILES string of the molecule is COCCN(CCO)CC(O)COc1ccccc1C#N. The molecule has 0 bridgehead atoms. The van der Waals surface area contributed by atoms with E-state index in [4.69, 9.17) is 19.8 Å². The van der Waals surface area contributed by atoms with E-state index in [0.717, 1.165) is 0 Å². The van der Waals surface area contributed by atoms with Crippen LogP contribution in [0.1, 0.15) is 5.56 Å². The molecule has 2 N–H and O–H groups in total. The zero-order chi connectivity index (χ0) is 15.5. The van der Waals surface area contributed by atoms with E-state index >= 15 is 0 Å². The standard InChI is InChI=1S/C15H22N2O4/c1-20-9-7-17(6-8-18)11-14(19)12-21-15-5-3-2-4-13(15)10-16/h2-5,14,18-19H,6-9,11-12H2,1H3. The number of methoxy groups -OCH3 is 1. The van der Waals surface area contributed by atoms with Crippen molar-refractivity contribution < 1.29 is 19.7 Å². The topological polar surface area (TPSA) is 86.0 Å². The second kappa shape index (κ2) is 10.1. The van der Waals surface area contributed by atoms with Gasteiger partial charge in [0.15, 0.2) is 0 Å². The quantitative estimate of drug-likeness (QED) is 0.643. The number of aliphatic hydroxyl groups is 2. The maximum absolute atomic E-state index is 10.00. The lowest BCUT2D eigenvalue weighted by Crippen LogP contribution is -2.39. The van der Waals surface area contributed by atoms with Crippen molar-refractivity contribution in [1.82, 2.24) is 4.90 Å². The number of nitrogens with zero attached hydrogens (tertiary/aromatic N) is 2. The Hall–Kier alpha value is -1.65. The summed E-state index contributed by atoms with van der Waals surface area (Å²) in [6.07, 6.45) is -0.708. The Morgan fingerprint density at radius 2 is 2.10 bits per heavy atom. The van der Waals surface area contributed by atoms with Crippen LogP contribution >= 0.6 is 0 Å². The molecule has 116 valence electrons. The third kappa shape index (κ3) is 6.56. The maximum atomic E-state index is 10.00. The van der Waals surface area contributed by atoms with E-state index in [9.17, 15) is 5.11 Å². The molecule has 0 saturated carbocycles. The van der Waals surface area contributed by atoms with Crippen LogP contribution in [0.15, 0.2) is 24.3 Å². The molecule has 0 radical (unpaired) electrons. The first-order valence-corrected chi connectivity index (χ1v) is 6.83. The molecule has 1 aromatic rings. The van der Waals surface area contributed by atoms with E-state index in [0.29, 0.717) is 37.6 Å². The Balaban J connectivity index is 2.44. The predicted octanol–water partition coefficient (Wildman–Crippen LogP) is 0.239. The highest BCUT2D eigenvalue weighted by atomic mass is 16.5. The molecular formula is C15H22N2O4. The molecule has 1 unspecified atom stereocenters. The van der Waals surface area contributed by atoms with E-state index in [-0.39, 0.29) is 13.2 Å². The summed E-state index contributed by atoms with van der Waals surface area (Å²) < 4.78 is 10.5. The summed E-state index contributed by atoms with van der Waals surface area (Å²) in [4.78, 5) is 1.90. The number of para-hydroxylation sites is 1. The van der Waals surface area contributed by atoms with E-state index in [1.54, 1.807) is 31.4 Å². The highest BCUT2D eigenvalue weighted by Crippen LogP contribution is 2.16. The van der Waals surface area contributed by atoms with Crippen LogP contribution in [0.2, 0.25) is 0 Å². The summed E-state index contributed by atoms with van der Waals surface area (Å²) in [6.45, 7) is 2.11. The van der Waals surface area contributed by atoms with Gasteiger partial charge in [-0.25, -0.2) is 0 Å². The minimum Gasteiger partial charge on any atom is -0.489 e. The van der Waals surface area contributed by atoms with Gasteiger partial charge in [-0.1, -0.05) is 12.1 Å². The lowest BCUT2D eigenvalue weighted by molar-refractivity contribution is 0.0504. The fourth-order valence-corrected chi connectivity index (χ4v) is 1.88. The van der Waals surface area contributed by atoms with E-state index in [1.165, 1.54) is 0 Å². The van der Waals surface area contributed by atoms with Gasteiger partial charge in [0.2, 0.25) is 0 Å². The van der Waals surface area contributed by atoms with Gasteiger partial charge >= 0.3 is 0 Å². The van der Waals surface area contributed by atoms with Crippen molar-refractivity contribution in [2.45, 2.75) is 6.10 Å². The predicted molar refractivity (Wildman–Crippen MR) is 78.1 cm³/mol. The van der Waals surface area contributed by atoms with Gasteiger partial charge < -0.3 is 19.7 Å². The molecule has 0 fully saturated rings. The normalized spacial score (nSPS) is 12.1. The van der Waals surface area contributed by atoms with Crippen molar-refractivity contribution in [2.75, 3.05) is 46.6 Å². The number of aliphatic hydroxyl groups excluding tert-OH is 2. The van der Waals surface area contributed by atoms with Gasteiger partial charge in [0, 0.05) is 26.7 Å². The molecule has 6 heteroatoms. The van der Waals surface area contributed by atoms with Crippen LogP contribution < -0.4 is 4.74 Å². The van der Waals surface area contributed by atoms with Crippen LogP contribution in [-0.4, -0.2) is 67.8 Å². The smallest absolute Gasteiger partial charge is 0.137 e. The van der Waals surface area contributed by atoms with Crippen molar-refractivity contribution in [2.24, 2.45) is 0 Å². The molecule has 0 saturated heterocycles. The summed E-state index contributed by atoms with van der Waals surface area (Å²) in [5, 5.41) is 27.9. The summed E-state index contributed by atoms with van der Waals surface area (Å²) >= 11 is 0. The highest BCUT2D eigenvalue weighted by molar-refractivity contribution is 5.42. The third-order valence-corrected chi connectivity index (χ3v) is 2.94. The lowest BCUT2D eigenvalue weighted by Gasteiger charge is -2.24. The van der Waals surface area contributed by atoms with Crippen molar-refractivity contribution in [3.8, 4) is 11.8 Å². The molecule has 0 aromatic heterocycles. The molecule has 1 atom stereocenters. The van der Waals surface area contributed by atoms with Gasteiger partial charge in [-0.05, 0) is 12.1 Å². The van der Waals surface area contributed by atoms with Gasteiger partial charge in [-0.15, -0.1) is 0 Å². The number of rotatable bonds is 10. The van der Waals surface area contributed by atoms with Gasteiger partial charge in [0.05, 0.1) is 18.8 Å². The largest absolute Gasteiger partial charge is 0.489 e. The van der Waals surface area contributed by atoms with E-state index < -0.39 is 6.10 Å². The molecule has 6 nitrogen and oxygen atoms in total. The maximum Gasteiger partial charge on any atom is 0.137 e. The van der Waals surface area contributed by atoms with Crippen LogP contribution in [0.25, 0.3) is 0 Å². The van der Waals surface area contributed by atoms with Crippen LogP contribution in [0.4, 0.5) is 0 Å². The Morgan fingerprint density at radius 1 is 1.33 bits per heavy atom. The first-order chi connectivity index (χ1) is 10.2. The zero-order valence-electron chi connectivity index (χ0n) is 12.2. The Kier molecular flexibility index (Phi) is 8.40. The third-order valence-electron chi connectivity index (χ3n) is 2.94. The van der Waals surface area contributed by atoms with Gasteiger partial charge in [0.25, 0.3) is 0 Å². The Labute approximate surface area is 125 Å². The second-order valence-corrected chi connectivity index (χ2v) is 4.59. The number of nitriles is 1. The van der Waals surface area contributed by atoms with Crippen LogP contribution in [0.5, 0.6) is 5.75 Å². The van der Waals surface area contributed by atoms with Crippen molar-refractivity contribution >= 4 is 0 Å². The van der Waals surface area contributed by atoms with Crippen molar-refractivity contribution in [3.05, 3.63) is 29.8 Å². The molecule has 0 heterocycles. The molecule has 0 aliphatic heterocycles. The van der Waals surface area contributed by atoms with Gasteiger partial charge in [-0.3, -0.25) is 4.90 Å². The van der Waals surface area contributed by atoms with Gasteiger partial charge in [0.1, 0.15) is 24.5 Å². The highest BCUT2D eigenvalue weighted by Gasteiger charge is 2.13. The molecule has 0 amide bonds. The lowest BCUT2D eigenvalue weighted by atomic mass is 10.2. The molecule has 0 aliphatic rings. The summed E-state index contributed by atoms with van der Waals surface area (Å²) in [7, 11) is 1.61. The van der Waals surface area contributed by atoms with Crippen molar-refractivity contribution in [1.29, 1.82) is 5.26 Å². The number of hydrogen-bond donors (Lipinski definition) is 2. The molecule has 0 aliphatic carbocycles. The second-order valence-electron chi connectivity index (χ2n) is 4.59. The fourth-order valence-electron chi connectivity index (χ4n) is 1.88. The van der Waals surface area contributed by atoms with E-state index in [2.05, 4.69) is 0 Å². The molecular weight excluding hydrogens is 272 g/mol. The van der Waals surface area contributed by atoms with Crippen LogP contribution in [-0.2, 0) is 4.74 Å². The molecule has 21 heavy (non-hydrogen) atoms. The average molecular weight is 294 g/mol. The number of hydrogen-bond acceptors (Lipinski definition) is 6. The fraction of sp³-hybridized carbons (Fsp3) is 0.533. The monoisotopic (exact) mass is 294 g/mol. The summed E-state index contributed by atoms with van der Waals surface area (Å²) in [6, 6.07) is 8.94. The van der Waals surface area contributed by atoms with Crippen LogP contribution in [0, 0.1) is 11.3 Å². The summed E-state index contributed by atoms with van der Waals surface area (Å²) in [5.74, 6) is 0.463. The molecule has 1 rings (SSSR count). The van der Waals surface area contributed by atoms with Gasteiger partial charge in [-0.2, -0.15) is 5.26 Å². The summed E-state index contributed by atoms with van der Waals surface area (Å²) in [5.41, 5.74) is 0.441. The molecule has 0 spiro atoms. The average Bonchev–Trinajstić information content (AvgIpc) is 2.51. The number of benzene rings is 1. The Morgan fingerprint density at radius 3 is 2.76 bits per heavy atom. The first-order valence-electron chi connectivity index (χ1n) is 6.83. The first kappa shape index (κ1) is 17.4. The zero-order valence-corrected chi connectivity index (χ0v) is 12.2. The van der Waals surface area contributed by atoms with Crippen molar-refractivity contribution in [3.63, 3.8) is 0 Å². The number of ether oxygens (including phenoxy) is 2. The minimum absolute atomic E-state index is 0.0224. The molecule has 1 aromatic carbocycles. The minimum atomic E-state index is -0.708. The van der Waals surface area contributed by atoms with E-state index in [1.807, 2.05) is 11.0 Å².